The molecule has 0 bridgehead atoms. The van der Waals surface area contributed by atoms with Crippen LogP contribution in [0.5, 0.6) is 0 Å². The first-order valence-electron chi connectivity index (χ1n) is 5.26. The molecule has 1 aliphatic rings. The Bertz CT molecular complexity index is 446. The van der Waals surface area contributed by atoms with Crippen molar-refractivity contribution in [3.05, 3.63) is 23.5 Å². The normalized spacial score (nSPS) is 26.2. The smallest absolute Gasteiger partial charge is 0.0998 e. The molecule has 2 aromatic rings. The van der Waals surface area contributed by atoms with Crippen LogP contribution in [-0.2, 0) is 0 Å². The molecule has 0 aliphatic carbocycles. The SMILES string of the molecule is C[C@@H]1CNC[C@H]1c1nc2cnccc2s1. The van der Waals surface area contributed by atoms with Crippen molar-refractivity contribution in [2.45, 2.75) is 12.8 Å². The van der Waals surface area contributed by atoms with E-state index >= 15 is 0 Å². The Labute approximate surface area is 92.6 Å². The molecule has 1 aliphatic heterocycles. The fraction of sp³-hybridized carbons (Fsp3) is 0.455. The van der Waals surface area contributed by atoms with Crippen molar-refractivity contribution in [1.82, 2.24) is 15.3 Å². The summed E-state index contributed by atoms with van der Waals surface area (Å²) >= 11 is 1.81. The van der Waals surface area contributed by atoms with Gasteiger partial charge in [-0.3, -0.25) is 4.98 Å². The molecule has 0 radical (unpaired) electrons. The van der Waals surface area contributed by atoms with Crippen LogP contribution in [0.3, 0.4) is 0 Å². The average Bonchev–Trinajstić information content (AvgIpc) is 2.82. The van der Waals surface area contributed by atoms with Gasteiger partial charge in [-0.1, -0.05) is 6.92 Å². The summed E-state index contributed by atoms with van der Waals surface area (Å²) in [5.74, 6) is 1.28. The van der Waals surface area contributed by atoms with Crippen molar-refractivity contribution in [1.29, 1.82) is 0 Å². The van der Waals surface area contributed by atoms with Gasteiger partial charge in [0.1, 0.15) is 0 Å². The molecule has 2 atom stereocenters. The molecule has 15 heavy (non-hydrogen) atoms. The lowest BCUT2D eigenvalue weighted by molar-refractivity contribution is 0.570. The van der Waals surface area contributed by atoms with Gasteiger partial charge in [-0.2, -0.15) is 0 Å². The van der Waals surface area contributed by atoms with E-state index in [9.17, 15) is 0 Å². The molecule has 0 aromatic carbocycles. The molecule has 3 heterocycles. The second-order valence-electron chi connectivity index (χ2n) is 4.14. The summed E-state index contributed by atoms with van der Waals surface area (Å²) in [6, 6.07) is 2.05. The number of pyridine rings is 1. The van der Waals surface area contributed by atoms with Crippen molar-refractivity contribution < 1.29 is 0 Å². The van der Waals surface area contributed by atoms with Crippen LogP contribution in [0.1, 0.15) is 17.8 Å². The standard InChI is InChI=1S/C11H13N3S/c1-7-4-13-5-8(7)11-14-9-6-12-3-2-10(9)15-11/h2-3,6-8,13H,4-5H2,1H3/t7-,8-/m1/s1. The average molecular weight is 219 g/mol. The highest BCUT2D eigenvalue weighted by molar-refractivity contribution is 7.18. The summed E-state index contributed by atoms with van der Waals surface area (Å²) in [6.45, 7) is 4.46. The third kappa shape index (κ3) is 1.54. The van der Waals surface area contributed by atoms with Gasteiger partial charge in [0.25, 0.3) is 0 Å². The quantitative estimate of drug-likeness (QED) is 0.797. The molecule has 0 unspecified atom stereocenters. The first-order chi connectivity index (χ1) is 7.34. The van der Waals surface area contributed by atoms with Gasteiger partial charge >= 0.3 is 0 Å². The fourth-order valence-corrected chi connectivity index (χ4v) is 3.27. The van der Waals surface area contributed by atoms with Crippen molar-refractivity contribution in [3.63, 3.8) is 0 Å². The maximum atomic E-state index is 4.66. The lowest BCUT2D eigenvalue weighted by Gasteiger charge is -2.09. The van der Waals surface area contributed by atoms with Crippen LogP contribution in [0.25, 0.3) is 10.2 Å². The summed E-state index contributed by atoms with van der Waals surface area (Å²) in [7, 11) is 0. The molecule has 1 fully saturated rings. The molecule has 3 nitrogen and oxygen atoms in total. The predicted molar refractivity (Wildman–Crippen MR) is 62.2 cm³/mol. The zero-order valence-corrected chi connectivity index (χ0v) is 9.42. The Hall–Kier alpha value is -1.00. The van der Waals surface area contributed by atoms with Crippen LogP contribution in [0.15, 0.2) is 18.5 Å². The third-order valence-corrected chi connectivity index (χ3v) is 4.21. The Balaban J connectivity index is 2.04. The molecule has 1 N–H and O–H groups in total. The van der Waals surface area contributed by atoms with E-state index in [2.05, 4.69) is 22.2 Å². The van der Waals surface area contributed by atoms with Crippen LogP contribution < -0.4 is 5.32 Å². The van der Waals surface area contributed by atoms with Gasteiger partial charge in [0.05, 0.1) is 21.4 Å². The first kappa shape index (κ1) is 9.24. The summed E-state index contributed by atoms with van der Waals surface area (Å²) in [5.41, 5.74) is 1.04. The first-order valence-corrected chi connectivity index (χ1v) is 6.07. The van der Waals surface area contributed by atoms with E-state index in [-0.39, 0.29) is 0 Å². The Morgan fingerprint density at radius 1 is 1.47 bits per heavy atom. The largest absolute Gasteiger partial charge is 0.316 e. The number of hydrogen-bond acceptors (Lipinski definition) is 4. The maximum Gasteiger partial charge on any atom is 0.0998 e. The van der Waals surface area contributed by atoms with Crippen LogP contribution >= 0.6 is 11.3 Å². The number of thiazole rings is 1. The minimum Gasteiger partial charge on any atom is -0.316 e. The van der Waals surface area contributed by atoms with Gasteiger partial charge in [-0.25, -0.2) is 4.98 Å². The van der Waals surface area contributed by atoms with Crippen molar-refractivity contribution in [3.8, 4) is 0 Å². The lowest BCUT2D eigenvalue weighted by Crippen LogP contribution is -2.07. The predicted octanol–water partition coefficient (Wildman–Crippen LogP) is 2.01. The highest BCUT2D eigenvalue weighted by Crippen LogP contribution is 2.33. The number of rotatable bonds is 1. The minimum atomic E-state index is 0.586. The molecule has 1 saturated heterocycles. The van der Waals surface area contributed by atoms with Crippen molar-refractivity contribution in [2.75, 3.05) is 13.1 Å². The molecule has 3 rings (SSSR count). The van der Waals surface area contributed by atoms with E-state index in [0.29, 0.717) is 11.8 Å². The number of nitrogens with one attached hydrogen (secondary N) is 1. The second-order valence-corrected chi connectivity index (χ2v) is 5.20. The number of fused-ring (bicyclic) bond motifs is 1. The number of hydrogen-bond donors (Lipinski definition) is 1. The van der Waals surface area contributed by atoms with E-state index < -0.39 is 0 Å². The molecule has 0 spiro atoms. The van der Waals surface area contributed by atoms with Gasteiger partial charge in [0, 0.05) is 18.7 Å². The molecule has 0 saturated carbocycles. The Kier molecular flexibility index (Phi) is 2.18. The molecule has 78 valence electrons. The highest BCUT2D eigenvalue weighted by Gasteiger charge is 2.27. The topological polar surface area (TPSA) is 37.8 Å². The summed E-state index contributed by atoms with van der Waals surface area (Å²) < 4.78 is 1.25. The summed E-state index contributed by atoms with van der Waals surface area (Å²) in [5, 5.41) is 4.68. The second kappa shape index (κ2) is 3.54. The van der Waals surface area contributed by atoms with Gasteiger partial charge in [-0.05, 0) is 18.5 Å². The Morgan fingerprint density at radius 3 is 3.13 bits per heavy atom. The van der Waals surface area contributed by atoms with E-state index in [1.807, 2.05) is 29.8 Å². The van der Waals surface area contributed by atoms with Crippen molar-refractivity contribution >= 4 is 21.6 Å². The van der Waals surface area contributed by atoms with E-state index in [4.69, 9.17) is 0 Å². The molecule has 4 heteroatoms. The highest BCUT2D eigenvalue weighted by atomic mass is 32.1. The summed E-state index contributed by atoms with van der Waals surface area (Å²) in [4.78, 5) is 8.76. The van der Waals surface area contributed by atoms with E-state index in [0.717, 1.165) is 18.6 Å². The molecular formula is C11H13N3S. The zero-order valence-electron chi connectivity index (χ0n) is 8.60. The van der Waals surface area contributed by atoms with Crippen LogP contribution in [0, 0.1) is 5.92 Å². The van der Waals surface area contributed by atoms with Crippen LogP contribution in [0.2, 0.25) is 0 Å². The third-order valence-electron chi connectivity index (χ3n) is 3.04. The van der Waals surface area contributed by atoms with E-state index in [1.165, 1.54) is 9.71 Å². The van der Waals surface area contributed by atoms with Gasteiger partial charge < -0.3 is 5.32 Å². The number of nitrogens with zero attached hydrogens (tertiary/aromatic N) is 2. The Morgan fingerprint density at radius 2 is 2.40 bits per heavy atom. The summed E-state index contributed by atoms with van der Waals surface area (Å²) in [6.07, 6.45) is 3.68. The van der Waals surface area contributed by atoms with Gasteiger partial charge in [-0.15, -0.1) is 11.3 Å². The maximum absolute atomic E-state index is 4.66. The fourth-order valence-electron chi connectivity index (χ4n) is 2.10. The molecular weight excluding hydrogens is 206 g/mol. The zero-order chi connectivity index (χ0) is 10.3. The molecule has 2 aromatic heterocycles. The van der Waals surface area contributed by atoms with Gasteiger partial charge in [0.2, 0.25) is 0 Å². The van der Waals surface area contributed by atoms with Crippen LogP contribution in [-0.4, -0.2) is 23.1 Å². The van der Waals surface area contributed by atoms with Crippen LogP contribution in [0.4, 0.5) is 0 Å². The van der Waals surface area contributed by atoms with E-state index in [1.54, 1.807) is 0 Å². The monoisotopic (exact) mass is 219 g/mol. The van der Waals surface area contributed by atoms with Crippen molar-refractivity contribution in [2.24, 2.45) is 5.92 Å². The minimum absolute atomic E-state index is 0.586. The lowest BCUT2D eigenvalue weighted by atomic mass is 9.99. The molecule has 0 amide bonds. The van der Waals surface area contributed by atoms with Gasteiger partial charge in [0.15, 0.2) is 0 Å². The number of aromatic nitrogens is 2.